The third kappa shape index (κ3) is 6.28. The molecule has 0 bridgehead atoms. The number of anilines is 3. The molecule has 2 aliphatic carbocycles. The fourth-order valence-corrected chi connectivity index (χ4v) is 12.0. The van der Waals surface area contributed by atoms with Crippen LogP contribution in [0.4, 0.5) is 17.1 Å². The van der Waals surface area contributed by atoms with Gasteiger partial charge in [-0.3, -0.25) is 0 Å². The first-order valence-electron chi connectivity index (χ1n) is 24.5. The van der Waals surface area contributed by atoms with Crippen molar-refractivity contribution in [3.8, 4) is 61.3 Å². The van der Waals surface area contributed by atoms with E-state index in [2.05, 4.69) is 277 Å². The lowest BCUT2D eigenvalue weighted by atomic mass is 9.70. The molecule has 0 radical (unpaired) electrons. The van der Waals surface area contributed by atoms with E-state index < -0.39 is 5.41 Å². The number of nitrogens with zero attached hydrogens (tertiary/aromatic N) is 2. The van der Waals surface area contributed by atoms with Gasteiger partial charge in [0.2, 0.25) is 0 Å². The van der Waals surface area contributed by atoms with E-state index in [4.69, 9.17) is 0 Å². The molecule has 2 aliphatic rings. The highest BCUT2D eigenvalue weighted by atomic mass is 15.1. The summed E-state index contributed by atoms with van der Waals surface area (Å²) in [6.45, 7) is 4.01. The number of hydrogen-bond acceptors (Lipinski definition) is 1. The molecule has 0 saturated heterocycles. The summed E-state index contributed by atoms with van der Waals surface area (Å²) < 4.78 is 2.40. The maximum Gasteiger partial charge on any atom is 0.0726 e. The molecule has 0 fully saturated rings. The van der Waals surface area contributed by atoms with Crippen molar-refractivity contribution in [1.82, 2.24) is 4.57 Å². The molecule has 332 valence electrons. The molecule has 1 heterocycles. The predicted molar refractivity (Wildman–Crippen MR) is 298 cm³/mol. The lowest BCUT2D eigenvalue weighted by Gasteiger charge is -2.32. The maximum atomic E-state index is 4.01. The molecule has 11 aromatic carbocycles. The molecule has 1 spiro atoms. The largest absolute Gasteiger partial charge is 0.310 e. The first-order chi connectivity index (χ1) is 35.2. The third-order valence-corrected chi connectivity index (χ3v) is 15.2. The minimum Gasteiger partial charge on any atom is -0.310 e. The molecule has 0 aliphatic heterocycles. The molecular weight excluding hydrogens is 857 g/mol. The molecule has 14 rings (SSSR count). The number of para-hydroxylation sites is 2. The Morgan fingerprint density at radius 2 is 0.817 bits per heavy atom. The van der Waals surface area contributed by atoms with Gasteiger partial charge in [-0.05, 0) is 150 Å². The van der Waals surface area contributed by atoms with Crippen molar-refractivity contribution < 1.29 is 0 Å². The van der Waals surface area contributed by atoms with Gasteiger partial charge in [0.15, 0.2) is 0 Å². The fourth-order valence-electron chi connectivity index (χ4n) is 12.0. The maximum absolute atomic E-state index is 4.01. The lowest BCUT2D eigenvalue weighted by Crippen LogP contribution is -2.26. The van der Waals surface area contributed by atoms with Crippen LogP contribution in [-0.2, 0) is 5.41 Å². The van der Waals surface area contributed by atoms with Crippen LogP contribution in [0.1, 0.15) is 27.8 Å². The second-order valence-electron chi connectivity index (χ2n) is 18.9. The van der Waals surface area contributed by atoms with E-state index in [1.807, 2.05) is 6.08 Å². The normalized spacial score (nSPS) is 14.0. The summed E-state index contributed by atoms with van der Waals surface area (Å²) in [6.07, 6.45) is 1.91. The number of aromatic nitrogens is 1. The molecule has 1 unspecified atom stereocenters. The van der Waals surface area contributed by atoms with Gasteiger partial charge < -0.3 is 9.47 Å². The van der Waals surface area contributed by atoms with E-state index >= 15 is 0 Å². The molecule has 2 nitrogen and oxygen atoms in total. The van der Waals surface area contributed by atoms with Crippen molar-refractivity contribution in [1.29, 1.82) is 0 Å². The zero-order valence-corrected chi connectivity index (χ0v) is 39.0. The Hall–Kier alpha value is -9.24. The van der Waals surface area contributed by atoms with Crippen LogP contribution in [0.15, 0.2) is 267 Å². The Labute approximate surface area is 414 Å². The Morgan fingerprint density at radius 1 is 0.324 bits per heavy atom. The van der Waals surface area contributed by atoms with E-state index in [1.54, 1.807) is 0 Å². The minimum absolute atomic E-state index is 0.539. The van der Waals surface area contributed by atoms with E-state index in [1.165, 1.54) is 88.6 Å². The van der Waals surface area contributed by atoms with Crippen LogP contribution in [0.2, 0.25) is 0 Å². The van der Waals surface area contributed by atoms with Crippen molar-refractivity contribution in [2.45, 2.75) is 5.41 Å². The van der Waals surface area contributed by atoms with Gasteiger partial charge in [-0.25, -0.2) is 0 Å². The van der Waals surface area contributed by atoms with Crippen molar-refractivity contribution in [2.75, 3.05) is 4.90 Å². The standard InChI is InChI=1S/C69H46N2/c1-2-46-28-30-49(31-29-46)51-34-39-59-57-22-9-12-25-63(57)69(65(59)43-51)64-26-13-10-23-58(64)60-41-38-56(45-66(60)69)70(54-36-32-48(33-37-54)47-16-5-3-6-17-47)55-21-15-18-50(42-55)52-35-40-62-61-24-11-14-27-67(61)71(68(62)44-52)53-19-7-4-8-20-53/h2-45H,1H2. The Morgan fingerprint density at radius 3 is 1.56 bits per heavy atom. The zero-order valence-electron chi connectivity index (χ0n) is 39.0. The summed E-state index contributed by atoms with van der Waals surface area (Å²) in [5, 5.41) is 2.49. The molecule has 0 amide bonds. The van der Waals surface area contributed by atoms with Crippen LogP contribution in [0.25, 0.3) is 89.2 Å². The van der Waals surface area contributed by atoms with Crippen LogP contribution in [0.5, 0.6) is 0 Å². The summed E-state index contributed by atoms with van der Waals surface area (Å²) in [5.74, 6) is 0. The van der Waals surface area contributed by atoms with Gasteiger partial charge in [0.25, 0.3) is 0 Å². The highest BCUT2D eigenvalue weighted by Crippen LogP contribution is 2.64. The quantitative estimate of drug-likeness (QED) is 0.147. The van der Waals surface area contributed by atoms with E-state index in [0.717, 1.165) is 39.4 Å². The molecule has 12 aromatic rings. The van der Waals surface area contributed by atoms with Crippen LogP contribution in [0.3, 0.4) is 0 Å². The van der Waals surface area contributed by atoms with Gasteiger partial charge in [-0.15, -0.1) is 0 Å². The van der Waals surface area contributed by atoms with Crippen molar-refractivity contribution >= 4 is 44.9 Å². The van der Waals surface area contributed by atoms with Crippen LogP contribution >= 0.6 is 0 Å². The summed E-state index contributed by atoms with van der Waals surface area (Å²) in [7, 11) is 0. The molecule has 0 N–H and O–H groups in total. The average Bonchev–Trinajstić information content (AvgIpc) is 4.05. The average molecular weight is 903 g/mol. The van der Waals surface area contributed by atoms with Crippen LogP contribution in [0, 0.1) is 0 Å². The Balaban J connectivity index is 0.970. The SMILES string of the molecule is C=Cc1ccc(-c2ccc3c(c2)C2(c4ccccc4-3)c3ccccc3-c3ccc(N(c4ccc(-c5ccccc5)cc4)c4cccc(-c5ccc6c7ccccc7n(-c7ccccc7)c6c5)c4)cc32)cc1. The smallest absolute Gasteiger partial charge is 0.0726 e. The number of benzene rings is 11. The summed E-state index contributed by atoms with van der Waals surface area (Å²) >= 11 is 0. The van der Waals surface area contributed by atoms with Gasteiger partial charge in [0, 0.05) is 33.5 Å². The van der Waals surface area contributed by atoms with E-state index in [-0.39, 0.29) is 0 Å². The second kappa shape index (κ2) is 16.2. The first-order valence-corrected chi connectivity index (χ1v) is 24.5. The molecule has 71 heavy (non-hydrogen) atoms. The molecular formula is C69H46N2. The Kier molecular flexibility index (Phi) is 9.30. The second-order valence-corrected chi connectivity index (χ2v) is 18.9. The predicted octanol–water partition coefficient (Wildman–Crippen LogP) is 18.2. The molecule has 0 saturated carbocycles. The number of hydrogen-bond donors (Lipinski definition) is 0. The minimum atomic E-state index is -0.539. The fraction of sp³-hybridized carbons (Fsp3) is 0.0145. The monoisotopic (exact) mass is 902 g/mol. The van der Waals surface area contributed by atoms with Gasteiger partial charge in [-0.2, -0.15) is 0 Å². The van der Waals surface area contributed by atoms with Crippen molar-refractivity contribution in [3.63, 3.8) is 0 Å². The lowest BCUT2D eigenvalue weighted by molar-refractivity contribution is 0.794. The van der Waals surface area contributed by atoms with Gasteiger partial charge in [0.05, 0.1) is 16.4 Å². The zero-order chi connectivity index (χ0) is 47.0. The van der Waals surface area contributed by atoms with Gasteiger partial charge >= 0.3 is 0 Å². The van der Waals surface area contributed by atoms with Crippen LogP contribution < -0.4 is 4.90 Å². The topological polar surface area (TPSA) is 8.17 Å². The van der Waals surface area contributed by atoms with Crippen LogP contribution in [-0.4, -0.2) is 4.57 Å². The summed E-state index contributed by atoms with van der Waals surface area (Å²) in [5.41, 5.74) is 24.8. The third-order valence-electron chi connectivity index (χ3n) is 15.2. The highest BCUT2D eigenvalue weighted by Gasteiger charge is 2.52. The van der Waals surface area contributed by atoms with E-state index in [0.29, 0.717) is 0 Å². The van der Waals surface area contributed by atoms with Gasteiger partial charge in [0.1, 0.15) is 0 Å². The van der Waals surface area contributed by atoms with Crippen molar-refractivity contribution in [2.24, 2.45) is 0 Å². The first kappa shape index (κ1) is 40.8. The highest BCUT2D eigenvalue weighted by molar-refractivity contribution is 6.10. The molecule has 1 aromatic heterocycles. The van der Waals surface area contributed by atoms with Crippen molar-refractivity contribution in [3.05, 3.63) is 295 Å². The van der Waals surface area contributed by atoms with Gasteiger partial charge in [-0.1, -0.05) is 207 Å². The molecule has 1 atom stereocenters. The molecule has 2 heteroatoms. The Bertz CT molecular complexity index is 4040. The number of rotatable bonds is 8. The summed E-state index contributed by atoms with van der Waals surface area (Å²) in [4.78, 5) is 2.45. The van der Waals surface area contributed by atoms with E-state index in [9.17, 15) is 0 Å². The summed E-state index contributed by atoms with van der Waals surface area (Å²) in [6, 6.07) is 96.5. The number of fused-ring (bicyclic) bond motifs is 13.